The molecule has 13 heteroatoms. The molecule has 3 aromatic heterocycles. The van der Waals surface area contributed by atoms with Crippen molar-refractivity contribution in [2.24, 2.45) is 5.92 Å². The van der Waals surface area contributed by atoms with E-state index in [0.29, 0.717) is 40.7 Å². The summed E-state index contributed by atoms with van der Waals surface area (Å²) in [7, 11) is 1.38. The van der Waals surface area contributed by atoms with Gasteiger partial charge in [0.1, 0.15) is 28.0 Å². The molecule has 0 spiro atoms. The minimum Gasteiger partial charge on any atom is -0.458 e. The fourth-order valence-electron chi connectivity index (χ4n) is 5.22. The van der Waals surface area contributed by atoms with Crippen LogP contribution in [0.2, 0.25) is 0 Å². The fraction of sp³-hybridized carbons (Fsp3) is 0.412. The van der Waals surface area contributed by atoms with Crippen LogP contribution < -0.4 is 10.7 Å². The number of pyridine rings is 2. The number of fused-ring (bicyclic) bond motifs is 1. The molecule has 0 saturated carbocycles. The number of alkyl halides is 3. The second-order valence-corrected chi connectivity index (χ2v) is 13.4. The zero-order valence-electron chi connectivity index (χ0n) is 27.2. The smallest absolute Gasteiger partial charge is 0.434 e. The number of hydrogen-bond donors (Lipinski definition) is 1. The minimum atomic E-state index is -4.66. The van der Waals surface area contributed by atoms with Gasteiger partial charge in [0.05, 0.1) is 5.52 Å². The van der Waals surface area contributed by atoms with Crippen molar-refractivity contribution in [3.05, 3.63) is 69.2 Å². The van der Waals surface area contributed by atoms with Gasteiger partial charge < -0.3 is 14.6 Å². The number of nitrogens with one attached hydrogen (secondary N) is 1. The van der Waals surface area contributed by atoms with E-state index in [2.05, 4.69) is 15.3 Å². The molecule has 1 N–H and O–H groups in total. The van der Waals surface area contributed by atoms with Gasteiger partial charge in [-0.2, -0.15) is 13.2 Å². The van der Waals surface area contributed by atoms with E-state index in [9.17, 15) is 32.3 Å². The van der Waals surface area contributed by atoms with Crippen LogP contribution in [0.5, 0.6) is 0 Å². The predicted molar refractivity (Wildman–Crippen MR) is 174 cm³/mol. The maximum atomic E-state index is 13.8. The number of Topliss-reactive ketones (excluding diaryl/α,β-unsaturated/α-hetero) is 1. The molecule has 1 amide bonds. The summed E-state index contributed by atoms with van der Waals surface area (Å²) in [6, 6.07) is 5.44. The number of nitrogens with zero attached hydrogens (tertiary/aromatic N) is 3. The average molecular weight is 671 g/mol. The normalized spacial score (nSPS) is 12.7. The number of rotatable bonds is 10. The van der Waals surface area contributed by atoms with Crippen LogP contribution in [0.4, 0.5) is 13.2 Å². The zero-order valence-corrected chi connectivity index (χ0v) is 28.1. The Morgan fingerprint density at radius 2 is 1.79 bits per heavy atom. The molecule has 9 nitrogen and oxygen atoms in total. The maximum absolute atomic E-state index is 13.8. The first-order valence-corrected chi connectivity index (χ1v) is 16.0. The van der Waals surface area contributed by atoms with E-state index in [1.807, 2.05) is 20.8 Å². The summed E-state index contributed by atoms with van der Waals surface area (Å²) in [6.45, 7) is 10.7. The molecule has 3 heterocycles. The number of halogens is 3. The SMILES string of the molecule is CCCC(=O)Cc1cc(-c2nc(C(F)(F)F)cs2)c(-c2ccc3c(c2)c(=O)c(C(=O)NC)cn3[C@H](C(=O)OC(C)(C)C)C(C)C)cn1. The first-order valence-electron chi connectivity index (χ1n) is 15.1. The monoisotopic (exact) mass is 670 g/mol. The van der Waals surface area contributed by atoms with Crippen molar-refractivity contribution in [3.63, 3.8) is 0 Å². The minimum absolute atomic E-state index is 0.00219. The molecule has 0 fully saturated rings. The van der Waals surface area contributed by atoms with Crippen molar-refractivity contribution in [2.75, 3.05) is 7.05 Å². The van der Waals surface area contributed by atoms with Crippen LogP contribution in [-0.4, -0.2) is 44.8 Å². The summed E-state index contributed by atoms with van der Waals surface area (Å²) in [6.07, 6.45) is -0.895. The maximum Gasteiger partial charge on any atom is 0.434 e. The molecular weight excluding hydrogens is 633 g/mol. The number of carbonyl (C=O) groups is 3. The van der Waals surface area contributed by atoms with Crippen molar-refractivity contribution in [3.8, 4) is 21.7 Å². The number of thiazole rings is 1. The van der Waals surface area contributed by atoms with Crippen LogP contribution in [-0.2, 0) is 26.9 Å². The zero-order chi connectivity index (χ0) is 34.8. The van der Waals surface area contributed by atoms with Gasteiger partial charge in [-0.05, 0) is 56.9 Å². The first-order chi connectivity index (χ1) is 21.9. The lowest BCUT2D eigenvalue weighted by Crippen LogP contribution is -2.35. The Kier molecular flexibility index (Phi) is 10.4. The molecule has 47 heavy (non-hydrogen) atoms. The van der Waals surface area contributed by atoms with Gasteiger partial charge in [-0.1, -0.05) is 26.8 Å². The van der Waals surface area contributed by atoms with Crippen molar-refractivity contribution in [2.45, 2.75) is 78.6 Å². The summed E-state index contributed by atoms with van der Waals surface area (Å²) < 4.78 is 47.8. The van der Waals surface area contributed by atoms with Gasteiger partial charge in [-0.3, -0.25) is 19.4 Å². The van der Waals surface area contributed by atoms with E-state index in [-0.39, 0.29) is 34.1 Å². The van der Waals surface area contributed by atoms with Gasteiger partial charge in [0.25, 0.3) is 5.91 Å². The summed E-state index contributed by atoms with van der Waals surface area (Å²) in [5, 5.41) is 3.54. The van der Waals surface area contributed by atoms with Gasteiger partial charge in [-0.15, -0.1) is 11.3 Å². The van der Waals surface area contributed by atoms with Gasteiger partial charge in [0.15, 0.2) is 5.69 Å². The summed E-state index contributed by atoms with van der Waals surface area (Å²) >= 11 is 0.795. The highest BCUT2D eigenvalue weighted by molar-refractivity contribution is 7.13. The Hall–Kier alpha value is -4.39. The molecule has 0 saturated heterocycles. The largest absolute Gasteiger partial charge is 0.458 e. The number of esters is 1. The van der Waals surface area contributed by atoms with E-state index in [1.54, 1.807) is 43.5 Å². The van der Waals surface area contributed by atoms with E-state index in [1.165, 1.54) is 25.5 Å². The Morgan fingerprint density at radius 1 is 1.09 bits per heavy atom. The van der Waals surface area contributed by atoms with Crippen LogP contribution >= 0.6 is 11.3 Å². The highest BCUT2D eigenvalue weighted by Gasteiger charge is 2.34. The molecular formula is C34H37F3N4O5S. The second kappa shape index (κ2) is 13.8. The molecule has 250 valence electrons. The molecule has 1 aromatic carbocycles. The van der Waals surface area contributed by atoms with E-state index >= 15 is 0 Å². The molecule has 4 aromatic rings. The topological polar surface area (TPSA) is 120 Å². The van der Waals surface area contributed by atoms with E-state index in [0.717, 1.165) is 16.7 Å². The second-order valence-electron chi connectivity index (χ2n) is 12.5. The Labute approximate surface area is 274 Å². The van der Waals surface area contributed by atoms with Gasteiger partial charge in [0.2, 0.25) is 5.43 Å². The van der Waals surface area contributed by atoms with Crippen LogP contribution in [0, 0.1) is 5.92 Å². The van der Waals surface area contributed by atoms with Crippen LogP contribution in [0.3, 0.4) is 0 Å². The lowest BCUT2D eigenvalue weighted by Gasteiger charge is -2.29. The molecule has 1 atom stereocenters. The quantitative estimate of drug-likeness (QED) is 0.180. The summed E-state index contributed by atoms with van der Waals surface area (Å²) in [4.78, 5) is 60.8. The van der Waals surface area contributed by atoms with E-state index in [4.69, 9.17) is 4.74 Å². The molecule has 4 rings (SSSR count). The third-order valence-electron chi connectivity index (χ3n) is 7.29. The van der Waals surface area contributed by atoms with Crippen molar-refractivity contribution < 1.29 is 32.3 Å². The number of ether oxygens (including phenoxy) is 1. The van der Waals surface area contributed by atoms with Crippen molar-refractivity contribution >= 4 is 39.9 Å². The highest BCUT2D eigenvalue weighted by Crippen LogP contribution is 2.39. The number of carbonyl (C=O) groups excluding carboxylic acids is 3. The van der Waals surface area contributed by atoms with Crippen LogP contribution in [0.25, 0.3) is 32.6 Å². The average Bonchev–Trinajstić information content (AvgIpc) is 3.48. The molecule has 0 aliphatic heterocycles. The Balaban J connectivity index is 1.98. The van der Waals surface area contributed by atoms with Crippen LogP contribution in [0.15, 0.2) is 46.8 Å². The molecule has 0 bridgehead atoms. The van der Waals surface area contributed by atoms with Gasteiger partial charge in [0, 0.05) is 59.9 Å². The van der Waals surface area contributed by atoms with Crippen molar-refractivity contribution in [1.82, 2.24) is 19.9 Å². The number of ketones is 1. The Morgan fingerprint density at radius 3 is 2.36 bits per heavy atom. The number of hydrogen-bond acceptors (Lipinski definition) is 8. The lowest BCUT2D eigenvalue weighted by atomic mass is 9.96. The molecule has 0 radical (unpaired) electrons. The fourth-order valence-corrected chi connectivity index (χ4v) is 6.07. The summed E-state index contributed by atoms with van der Waals surface area (Å²) in [5.41, 5.74) is -0.865. The first kappa shape index (κ1) is 35.5. The van der Waals surface area contributed by atoms with Crippen molar-refractivity contribution in [1.29, 1.82) is 0 Å². The van der Waals surface area contributed by atoms with Crippen LogP contribution in [0.1, 0.15) is 82.2 Å². The number of benzene rings is 1. The highest BCUT2D eigenvalue weighted by atomic mass is 32.1. The molecule has 0 unspecified atom stereocenters. The Bertz CT molecular complexity index is 1890. The predicted octanol–water partition coefficient (Wildman–Crippen LogP) is 7.02. The number of aromatic nitrogens is 3. The lowest BCUT2D eigenvalue weighted by molar-refractivity contribution is -0.160. The molecule has 0 aliphatic carbocycles. The molecule has 0 aliphatic rings. The number of amides is 1. The standard InChI is InChI=1S/C34H37F3N4O5S/c1-8-9-21(42)13-20-14-22(31-40-27(17-47-31)34(35,36)37)24(15-39-20)19-10-11-26-23(12-19)29(43)25(30(44)38-7)16-41(26)28(18(2)3)32(45)46-33(4,5)6/h10-12,14-18,28H,8-9,13H2,1-7H3,(H,38,44)/t28-/m0/s1. The third-order valence-corrected chi connectivity index (χ3v) is 8.16. The van der Waals surface area contributed by atoms with E-state index < -0.39 is 40.8 Å². The third kappa shape index (κ3) is 7.95. The summed E-state index contributed by atoms with van der Waals surface area (Å²) in [5.74, 6) is -1.58. The van der Waals surface area contributed by atoms with Gasteiger partial charge in [-0.25, -0.2) is 9.78 Å². The van der Waals surface area contributed by atoms with Gasteiger partial charge >= 0.3 is 12.1 Å².